The molecular weight excluding hydrogens is 228 g/mol. The zero-order chi connectivity index (χ0) is 13.5. The Labute approximate surface area is 108 Å². The van der Waals surface area contributed by atoms with Crippen molar-refractivity contribution in [2.45, 2.75) is 33.6 Å². The molecule has 0 aliphatic heterocycles. The van der Waals surface area contributed by atoms with Crippen LogP contribution in [0.15, 0.2) is 24.3 Å². The van der Waals surface area contributed by atoms with E-state index in [9.17, 15) is 9.59 Å². The van der Waals surface area contributed by atoms with Gasteiger partial charge in [0, 0.05) is 11.5 Å². The maximum absolute atomic E-state index is 12.0. The Morgan fingerprint density at radius 3 is 2.17 bits per heavy atom. The van der Waals surface area contributed by atoms with Crippen molar-refractivity contribution in [2.24, 2.45) is 5.92 Å². The molecule has 0 saturated heterocycles. The van der Waals surface area contributed by atoms with Crippen LogP contribution in [0.5, 0.6) is 0 Å². The first-order valence-corrected chi connectivity index (χ1v) is 6.41. The normalized spacial score (nSPS) is 11.9. The largest absolute Gasteiger partial charge is 0.462 e. The summed E-state index contributed by atoms with van der Waals surface area (Å²) >= 11 is 0. The highest BCUT2D eigenvalue weighted by molar-refractivity contribution is 5.98. The van der Waals surface area contributed by atoms with Gasteiger partial charge in [0.25, 0.3) is 0 Å². The fourth-order valence-corrected chi connectivity index (χ4v) is 1.83. The number of esters is 1. The summed E-state index contributed by atoms with van der Waals surface area (Å²) in [6, 6.07) is 6.68. The predicted molar refractivity (Wildman–Crippen MR) is 70.8 cm³/mol. The lowest BCUT2D eigenvalue weighted by molar-refractivity contribution is 0.0526. The van der Waals surface area contributed by atoms with Crippen LogP contribution >= 0.6 is 0 Å². The average Bonchev–Trinajstić information content (AvgIpc) is 2.38. The maximum Gasteiger partial charge on any atom is 0.338 e. The molecular formula is C15H20O3. The molecule has 0 radical (unpaired) electrons. The number of ketones is 1. The summed E-state index contributed by atoms with van der Waals surface area (Å²) in [5.74, 6) is -0.186. The lowest BCUT2D eigenvalue weighted by Gasteiger charge is -2.09. The first-order chi connectivity index (χ1) is 8.60. The molecule has 1 rings (SSSR count). The van der Waals surface area contributed by atoms with Crippen LogP contribution in [-0.2, 0) is 4.74 Å². The summed E-state index contributed by atoms with van der Waals surface area (Å²) in [6.07, 6.45) is 1.88. The molecule has 0 bridgehead atoms. The smallest absolute Gasteiger partial charge is 0.338 e. The predicted octanol–water partition coefficient (Wildman–Crippen LogP) is 3.48. The highest BCUT2D eigenvalue weighted by atomic mass is 16.5. The van der Waals surface area contributed by atoms with Crippen molar-refractivity contribution in [2.75, 3.05) is 6.61 Å². The van der Waals surface area contributed by atoms with E-state index in [1.807, 2.05) is 6.92 Å². The molecule has 0 aliphatic carbocycles. The van der Waals surface area contributed by atoms with Crippen LogP contribution in [-0.4, -0.2) is 18.4 Å². The van der Waals surface area contributed by atoms with Gasteiger partial charge in [-0.3, -0.25) is 4.79 Å². The molecule has 3 heteroatoms. The van der Waals surface area contributed by atoms with E-state index in [2.05, 4.69) is 6.92 Å². The Bertz CT molecular complexity index is 406. The van der Waals surface area contributed by atoms with Crippen molar-refractivity contribution < 1.29 is 14.3 Å². The zero-order valence-electron chi connectivity index (χ0n) is 11.2. The van der Waals surface area contributed by atoms with Gasteiger partial charge in [-0.2, -0.15) is 0 Å². The first kappa shape index (κ1) is 14.4. The number of rotatable bonds is 6. The highest BCUT2D eigenvalue weighted by Gasteiger charge is 2.15. The third-order valence-electron chi connectivity index (χ3n) is 2.85. The number of ether oxygens (including phenoxy) is 1. The minimum absolute atomic E-state index is 0.0310. The fourth-order valence-electron chi connectivity index (χ4n) is 1.83. The van der Waals surface area contributed by atoms with Gasteiger partial charge in [-0.25, -0.2) is 4.79 Å². The molecule has 1 aromatic rings. The van der Waals surface area contributed by atoms with Crippen LogP contribution in [0.25, 0.3) is 0 Å². The lowest BCUT2D eigenvalue weighted by atomic mass is 9.95. The Kier molecular flexibility index (Phi) is 5.56. The van der Waals surface area contributed by atoms with Crippen LogP contribution in [0.1, 0.15) is 54.3 Å². The van der Waals surface area contributed by atoms with Crippen LogP contribution in [0, 0.1) is 5.92 Å². The quantitative estimate of drug-likeness (QED) is 0.571. The molecule has 0 saturated carbocycles. The van der Waals surface area contributed by atoms with E-state index >= 15 is 0 Å². The second-order valence-corrected chi connectivity index (χ2v) is 4.35. The van der Waals surface area contributed by atoms with Crippen LogP contribution < -0.4 is 0 Å². The van der Waals surface area contributed by atoms with Crippen molar-refractivity contribution in [3.63, 3.8) is 0 Å². The molecule has 0 N–H and O–H groups in total. The second kappa shape index (κ2) is 6.94. The molecule has 0 spiro atoms. The molecule has 1 atom stereocenters. The number of carbonyl (C=O) groups is 2. The number of hydrogen-bond acceptors (Lipinski definition) is 3. The number of benzene rings is 1. The zero-order valence-corrected chi connectivity index (χ0v) is 11.2. The number of Topliss-reactive ketones (excluding diaryl/α,β-unsaturated/α-hetero) is 1. The van der Waals surface area contributed by atoms with E-state index < -0.39 is 0 Å². The highest BCUT2D eigenvalue weighted by Crippen LogP contribution is 2.15. The van der Waals surface area contributed by atoms with Gasteiger partial charge in [0.05, 0.1) is 12.2 Å². The molecule has 3 nitrogen and oxygen atoms in total. The van der Waals surface area contributed by atoms with Gasteiger partial charge in [-0.15, -0.1) is 0 Å². The lowest BCUT2D eigenvalue weighted by Crippen LogP contribution is -2.11. The Morgan fingerprint density at radius 1 is 1.11 bits per heavy atom. The Morgan fingerprint density at radius 2 is 1.67 bits per heavy atom. The van der Waals surface area contributed by atoms with Gasteiger partial charge in [-0.1, -0.05) is 32.4 Å². The number of hydrogen-bond donors (Lipinski definition) is 0. The Balaban J connectivity index is 2.76. The number of carbonyl (C=O) groups excluding carboxylic acids is 2. The molecule has 1 aromatic carbocycles. The summed E-state index contributed by atoms with van der Waals surface area (Å²) in [4.78, 5) is 23.5. The maximum atomic E-state index is 12.0. The minimum Gasteiger partial charge on any atom is -0.462 e. The molecule has 18 heavy (non-hydrogen) atoms. The van der Waals surface area contributed by atoms with Gasteiger partial charge in [-0.05, 0) is 25.5 Å². The van der Waals surface area contributed by atoms with Gasteiger partial charge < -0.3 is 4.74 Å². The molecule has 0 fully saturated rings. The summed E-state index contributed by atoms with van der Waals surface area (Å²) in [5, 5.41) is 0. The second-order valence-electron chi connectivity index (χ2n) is 4.35. The summed E-state index contributed by atoms with van der Waals surface area (Å²) in [5.41, 5.74) is 1.14. The van der Waals surface area contributed by atoms with E-state index in [4.69, 9.17) is 4.74 Å². The topological polar surface area (TPSA) is 43.4 Å². The van der Waals surface area contributed by atoms with E-state index in [0.717, 1.165) is 12.8 Å². The third-order valence-corrected chi connectivity index (χ3v) is 2.85. The minimum atomic E-state index is -0.349. The van der Waals surface area contributed by atoms with Gasteiger partial charge in [0.15, 0.2) is 5.78 Å². The van der Waals surface area contributed by atoms with Crippen molar-refractivity contribution in [3.05, 3.63) is 35.4 Å². The summed E-state index contributed by atoms with van der Waals surface area (Å²) in [7, 11) is 0. The van der Waals surface area contributed by atoms with Crippen LogP contribution in [0.4, 0.5) is 0 Å². The molecule has 98 valence electrons. The van der Waals surface area contributed by atoms with Crippen molar-refractivity contribution >= 4 is 11.8 Å². The average molecular weight is 248 g/mol. The van der Waals surface area contributed by atoms with Crippen LogP contribution in [0.2, 0.25) is 0 Å². The summed E-state index contributed by atoms with van der Waals surface area (Å²) in [6.45, 7) is 6.12. The molecule has 0 amide bonds. The van der Waals surface area contributed by atoms with Gasteiger partial charge in [0.2, 0.25) is 0 Å². The van der Waals surface area contributed by atoms with Crippen LogP contribution in [0.3, 0.4) is 0 Å². The Hall–Kier alpha value is -1.64. The third kappa shape index (κ3) is 3.69. The van der Waals surface area contributed by atoms with E-state index in [-0.39, 0.29) is 17.7 Å². The van der Waals surface area contributed by atoms with Gasteiger partial charge in [0.1, 0.15) is 0 Å². The van der Waals surface area contributed by atoms with E-state index in [1.54, 1.807) is 31.2 Å². The summed E-state index contributed by atoms with van der Waals surface area (Å²) < 4.78 is 4.89. The molecule has 0 aliphatic rings. The molecule has 1 unspecified atom stereocenters. The van der Waals surface area contributed by atoms with E-state index in [0.29, 0.717) is 17.7 Å². The first-order valence-electron chi connectivity index (χ1n) is 6.41. The van der Waals surface area contributed by atoms with Crippen molar-refractivity contribution in [1.29, 1.82) is 0 Å². The SMILES string of the molecule is CCCC(C)C(=O)c1ccc(C(=O)OCC)cc1. The van der Waals surface area contributed by atoms with Crippen molar-refractivity contribution in [1.82, 2.24) is 0 Å². The standard InChI is InChI=1S/C15H20O3/c1-4-6-11(3)14(16)12-7-9-13(10-8-12)15(17)18-5-2/h7-11H,4-6H2,1-3H3. The molecule has 0 heterocycles. The fraction of sp³-hybridized carbons (Fsp3) is 0.467. The van der Waals surface area contributed by atoms with Crippen molar-refractivity contribution in [3.8, 4) is 0 Å². The van der Waals surface area contributed by atoms with E-state index in [1.165, 1.54) is 0 Å². The monoisotopic (exact) mass is 248 g/mol. The van der Waals surface area contributed by atoms with Gasteiger partial charge >= 0.3 is 5.97 Å². The molecule has 0 aromatic heterocycles.